The number of cyclic esters (lactones) is 1. The van der Waals surface area contributed by atoms with Crippen molar-refractivity contribution in [1.29, 1.82) is 0 Å². The number of imidazole rings is 1. The zero-order chi connectivity index (χ0) is 26.5. The van der Waals surface area contributed by atoms with Crippen molar-refractivity contribution < 1.29 is 23.8 Å². The van der Waals surface area contributed by atoms with Crippen molar-refractivity contribution in [2.24, 2.45) is 0 Å². The van der Waals surface area contributed by atoms with Gasteiger partial charge in [0.25, 0.3) is 5.91 Å². The Labute approximate surface area is 216 Å². The first kappa shape index (κ1) is 26.5. The SMILES string of the molecule is CCN(Cc1ccccc1)C(=O)c1nc(-c2ccc(F)cc2)n(CC[C@@H]2C[C@@H](O)CC(=O)O2)c1C(C)C. The minimum Gasteiger partial charge on any atom is -0.462 e. The molecule has 1 aliphatic heterocycles. The Bertz CT molecular complexity index is 1220. The molecule has 0 spiro atoms. The van der Waals surface area contributed by atoms with Crippen molar-refractivity contribution in [2.75, 3.05) is 6.54 Å². The molecule has 4 rings (SSSR count). The number of halogens is 1. The van der Waals surface area contributed by atoms with Crippen LogP contribution in [0.3, 0.4) is 0 Å². The highest BCUT2D eigenvalue weighted by atomic mass is 19.1. The number of carbonyl (C=O) groups excluding carboxylic acids is 2. The first-order chi connectivity index (χ1) is 17.8. The Morgan fingerprint density at radius 3 is 2.51 bits per heavy atom. The van der Waals surface area contributed by atoms with Gasteiger partial charge in [-0.2, -0.15) is 0 Å². The molecule has 2 atom stereocenters. The Morgan fingerprint density at radius 1 is 1.19 bits per heavy atom. The molecule has 1 aromatic heterocycles. The number of amides is 1. The van der Waals surface area contributed by atoms with Gasteiger partial charge in [0.05, 0.1) is 18.2 Å². The minimum atomic E-state index is -0.719. The fourth-order valence-electron chi connectivity index (χ4n) is 4.85. The van der Waals surface area contributed by atoms with E-state index in [-0.39, 0.29) is 24.1 Å². The van der Waals surface area contributed by atoms with E-state index in [2.05, 4.69) is 0 Å². The molecule has 0 saturated carbocycles. The molecule has 1 amide bonds. The van der Waals surface area contributed by atoms with Crippen LogP contribution in [0.25, 0.3) is 11.4 Å². The number of hydrogen-bond donors (Lipinski definition) is 1. The van der Waals surface area contributed by atoms with Gasteiger partial charge in [0, 0.05) is 38.0 Å². The number of aliphatic hydroxyl groups excluding tert-OH is 1. The third-order valence-electron chi connectivity index (χ3n) is 6.65. The van der Waals surface area contributed by atoms with Gasteiger partial charge in [0.15, 0.2) is 5.69 Å². The summed E-state index contributed by atoms with van der Waals surface area (Å²) in [4.78, 5) is 32.3. The second-order valence-electron chi connectivity index (χ2n) is 9.78. The van der Waals surface area contributed by atoms with Gasteiger partial charge in [-0.05, 0) is 42.7 Å². The molecule has 8 heteroatoms. The van der Waals surface area contributed by atoms with E-state index in [0.717, 1.165) is 11.3 Å². The molecule has 0 unspecified atom stereocenters. The summed E-state index contributed by atoms with van der Waals surface area (Å²) in [5.41, 5.74) is 2.86. The zero-order valence-corrected chi connectivity index (χ0v) is 21.6. The largest absolute Gasteiger partial charge is 0.462 e. The van der Waals surface area contributed by atoms with Crippen LogP contribution >= 0.6 is 0 Å². The summed E-state index contributed by atoms with van der Waals surface area (Å²) in [7, 11) is 0. The summed E-state index contributed by atoms with van der Waals surface area (Å²) in [6, 6.07) is 15.9. The van der Waals surface area contributed by atoms with Crippen LogP contribution in [-0.2, 0) is 22.6 Å². The Morgan fingerprint density at radius 2 is 1.89 bits per heavy atom. The van der Waals surface area contributed by atoms with Crippen molar-refractivity contribution in [3.63, 3.8) is 0 Å². The fourth-order valence-corrected chi connectivity index (χ4v) is 4.85. The van der Waals surface area contributed by atoms with Crippen molar-refractivity contribution in [2.45, 2.75) is 71.2 Å². The highest BCUT2D eigenvalue weighted by Crippen LogP contribution is 2.30. The first-order valence-corrected chi connectivity index (χ1v) is 12.8. The maximum atomic E-state index is 13.8. The highest BCUT2D eigenvalue weighted by Gasteiger charge is 2.30. The van der Waals surface area contributed by atoms with Gasteiger partial charge in [-0.1, -0.05) is 44.2 Å². The number of aliphatic hydroxyl groups is 1. The lowest BCUT2D eigenvalue weighted by atomic mass is 10.0. The fraction of sp³-hybridized carbons (Fsp3) is 0.414. The molecule has 0 aliphatic carbocycles. The van der Waals surface area contributed by atoms with Gasteiger partial charge in [-0.25, -0.2) is 9.37 Å². The molecule has 2 aromatic carbocycles. The van der Waals surface area contributed by atoms with Crippen LogP contribution in [0.1, 0.15) is 67.7 Å². The summed E-state index contributed by atoms with van der Waals surface area (Å²) in [6.07, 6.45) is -0.308. The standard InChI is InChI=1S/C29H34FN3O4/c1-4-32(18-20-8-6-5-7-9-20)29(36)26-27(19(2)3)33(15-14-24-16-23(34)17-25(35)37-24)28(31-26)21-10-12-22(30)13-11-21/h5-13,19,23-24,34H,4,14-18H2,1-3H3/t23-,24-/m1/s1. The maximum Gasteiger partial charge on any atom is 0.308 e. The average Bonchev–Trinajstić information content (AvgIpc) is 3.26. The van der Waals surface area contributed by atoms with Gasteiger partial charge in [0.1, 0.15) is 17.7 Å². The van der Waals surface area contributed by atoms with Crippen molar-refractivity contribution in [3.05, 3.63) is 77.4 Å². The molecule has 3 aromatic rings. The third-order valence-corrected chi connectivity index (χ3v) is 6.65. The van der Waals surface area contributed by atoms with E-state index in [4.69, 9.17) is 9.72 Å². The summed E-state index contributed by atoms with van der Waals surface area (Å²) in [5, 5.41) is 10.0. The molecule has 1 aliphatic rings. The number of rotatable bonds is 9. The van der Waals surface area contributed by atoms with Crippen molar-refractivity contribution in [1.82, 2.24) is 14.5 Å². The second-order valence-corrected chi connectivity index (χ2v) is 9.78. The molecule has 7 nitrogen and oxygen atoms in total. The van der Waals surface area contributed by atoms with E-state index in [1.165, 1.54) is 12.1 Å². The van der Waals surface area contributed by atoms with Crippen molar-refractivity contribution >= 4 is 11.9 Å². The predicted octanol–water partition coefficient (Wildman–Crippen LogP) is 4.93. The molecular weight excluding hydrogens is 473 g/mol. The van der Waals surface area contributed by atoms with E-state index in [0.29, 0.717) is 49.6 Å². The summed E-state index contributed by atoms with van der Waals surface area (Å²) in [6.45, 7) is 7.36. The lowest BCUT2D eigenvalue weighted by molar-refractivity contribution is -0.160. The van der Waals surface area contributed by atoms with E-state index in [1.807, 2.05) is 55.7 Å². The van der Waals surface area contributed by atoms with Crippen LogP contribution in [-0.4, -0.2) is 50.2 Å². The van der Waals surface area contributed by atoms with Crippen LogP contribution < -0.4 is 0 Å². The molecule has 37 heavy (non-hydrogen) atoms. The molecule has 1 saturated heterocycles. The Hall–Kier alpha value is -3.52. The van der Waals surface area contributed by atoms with Crippen molar-refractivity contribution in [3.8, 4) is 11.4 Å². The number of benzene rings is 2. The summed E-state index contributed by atoms with van der Waals surface area (Å²) >= 11 is 0. The summed E-state index contributed by atoms with van der Waals surface area (Å²) in [5.74, 6) is -0.407. The lowest BCUT2D eigenvalue weighted by Crippen LogP contribution is -2.33. The monoisotopic (exact) mass is 507 g/mol. The van der Waals surface area contributed by atoms with Crippen LogP contribution in [0.5, 0.6) is 0 Å². The number of nitrogens with zero attached hydrogens (tertiary/aromatic N) is 3. The van der Waals surface area contributed by atoms with Crippen LogP contribution in [0.4, 0.5) is 4.39 Å². The minimum absolute atomic E-state index is 0.00651. The average molecular weight is 508 g/mol. The highest BCUT2D eigenvalue weighted by molar-refractivity contribution is 5.94. The number of hydrogen-bond acceptors (Lipinski definition) is 5. The molecule has 196 valence electrons. The normalized spacial score (nSPS) is 17.6. The van der Waals surface area contributed by atoms with Crippen LogP contribution in [0.2, 0.25) is 0 Å². The van der Waals surface area contributed by atoms with E-state index >= 15 is 0 Å². The Kier molecular flexibility index (Phi) is 8.38. The van der Waals surface area contributed by atoms with Crippen LogP contribution in [0.15, 0.2) is 54.6 Å². The van der Waals surface area contributed by atoms with Gasteiger partial charge < -0.3 is 19.3 Å². The Balaban J connectivity index is 1.72. The van der Waals surface area contributed by atoms with Gasteiger partial charge in [-0.15, -0.1) is 0 Å². The summed E-state index contributed by atoms with van der Waals surface area (Å²) < 4.78 is 21.1. The zero-order valence-electron chi connectivity index (χ0n) is 21.6. The number of esters is 1. The smallest absolute Gasteiger partial charge is 0.308 e. The number of aromatic nitrogens is 2. The van der Waals surface area contributed by atoms with E-state index in [9.17, 15) is 19.1 Å². The van der Waals surface area contributed by atoms with Crippen LogP contribution in [0, 0.1) is 5.82 Å². The van der Waals surface area contributed by atoms with Gasteiger partial charge in [0.2, 0.25) is 0 Å². The quantitative estimate of drug-likeness (QED) is 0.415. The predicted molar refractivity (Wildman–Crippen MR) is 138 cm³/mol. The van der Waals surface area contributed by atoms with Gasteiger partial charge in [-0.3, -0.25) is 9.59 Å². The molecule has 0 bridgehead atoms. The molecular formula is C29H34FN3O4. The second kappa shape index (κ2) is 11.7. The van der Waals surface area contributed by atoms with E-state index < -0.39 is 18.2 Å². The van der Waals surface area contributed by atoms with Gasteiger partial charge >= 0.3 is 5.97 Å². The molecule has 0 radical (unpaired) electrons. The molecule has 1 fully saturated rings. The topological polar surface area (TPSA) is 84.7 Å². The first-order valence-electron chi connectivity index (χ1n) is 12.8. The number of ether oxygens (including phenoxy) is 1. The maximum absolute atomic E-state index is 13.8. The molecule has 1 N–H and O–H groups in total. The lowest BCUT2D eigenvalue weighted by Gasteiger charge is -2.27. The van der Waals surface area contributed by atoms with E-state index in [1.54, 1.807) is 17.0 Å². The number of carbonyl (C=O) groups is 2. The third kappa shape index (κ3) is 6.25. The molecule has 2 heterocycles.